The van der Waals surface area contributed by atoms with Crippen molar-refractivity contribution >= 4 is 46.8 Å². The van der Waals surface area contributed by atoms with Crippen LogP contribution in [0.25, 0.3) is 0 Å². The smallest absolute Gasteiger partial charge is 0.337 e. The van der Waals surface area contributed by atoms with Crippen LogP contribution in [0.3, 0.4) is 0 Å². The van der Waals surface area contributed by atoms with E-state index >= 15 is 0 Å². The molecule has 9 heteroatoms. The van der Waals surface area contributed by atoms with E-state index in [2.05, 4.69) is 16.7 Å². The van der Waals surface area contributed by atoms with E-state index in [0.717, 1.165) is 22.9 Å². The Kier molecular flexibility index (Phi) is 7.57. The van der Waals surface area contributed by atoms with Crippen molar-refractivity contribution in [2.75, 3.05) is 18.2 Å². The van der Waals surface area contributed by atoms with Gasteiger partial charge in [0.05, 0.1) is 35.1 Å². The van der Waals surface area contributed by atoms with Gasteiger partial charge in [0.1, 0.15) is 0 Å². The van der Waals surface area contributed by atoms with E-state index in [1.165, 1.54) is 7.11 Å². The first-order chi connectivity index (χ1) is 15.3. The van der Waals surface area contributed by atoms with Crippen LogP contribution in [0.15, 0.2) is 53.1 Å². The zero-order chi connectivity index (χ0) is 23.3. The van der Waals surface area contributed by atoms with Gasteiger partial charge in [-0.25, -0.2) is 4.79 Å². The second kappa shape index (κ2) is 10.4. The lowest BCUT2D eigenvalue weighted by Gasteiger charge is -2.25. The summed E-state index contributed by atoms with van der Waals surface area (Å²) in [5, 5.41) is 16.2. The molecule has 2 aromatic carbocycles. The Bertz CT molecular complexity index is 1140. The molecule has 0 unspecified atom stereocenters. The molecule has 32 heavy (non-hydrogen) atoms. The first kappa shape index (κ1) is 23.4. The number of nitrogens with one attached hydrogen (secondary N) is 2. The minimum absolute atomic E-state index is 0.000739. The Morgan fingerprint density at radius 2 is 2.00 bits per heavy atom. The van der Waals surface area contributed by atoms with Gasteiger partial charge in [-0.2, -0.15) is 5.26 Å². The predicted octanol–water partition coefficient (Wildman–Crippen LogP) is 4.15. The molecule has 1 aliphatic heterocycles. The van der Waals surface area contributed by atoms with Gasteiger partial charge in [0.25, 0.3) is 0 Å². The summed E-state index contributed by atoms with van der Waals surface area (Å²) in [6, 6.07) is 14.0. The lowest BCUT2D eigenvalue weighted by molar-refractivity contribution is -0.121. The molecule has 0 aromatic heterocycles. The van der Waals surface area contributed by atoms with Gasteiger partial charge >= 0.3 is 5.97 Å². The number of benzene rings is 2. The number of halogens is 1. The number of allylic oxidation sites excluding steroid dienone is 1. The topological polar surface area (TPSA) is 108 Å². The molecule has 0 aliphatic carbocycles. The second-order valence-corrected chi connectivity index (χ2v) is 8.42. The maximum Gasteiger partial charge on any atom is 0.337 e. The number of amides is 2. The molecule has 7 nitrogen and oxygen atoms in total. The number of anilines is 1. The van der Waals surface area contributed by atoms with E-state index in [1.807, 2.05) is 0 Å². The van der Waals surface area contributed by atoms with Gasteiger partial charge < -0.3 is 15.4 Å². The Balaban J connectivity index is 1.77. The van der Waals surface area contributed by atoms with E-state index in [0.29, 0.717) is 26.9 Å². The van der Waals surface area contributed by atoms with Crippen LogP contribution < -0.4 is 10.6 Å². The molecule has 1 aliphatic rings. The quantitative estimate of drug-likeness (QED) is 0.615. The lowest BCUT2D eigenvalue weighted by Crippen LogP contribution is -2.31. The SMILES string of the molecule is COC(=O)c1ccc([C@@H]2CC(=O)NC(SCC(=O)Nc3cccc(Cl)c3C)=C2C#N)cc1. The Labute approximate surface area is 194 Å². The van der Waals surface area contributed by atoms with Crippen molar-refractivity contribution in [3.63, 3.8) is 0 Å². The van der Waals surface area contributed by atoms with Crippen LogP contribution in [0.1, 0.15) is 33.8 Å². The van der Waals surface area contributed by atoms with E-state index in [1.54, 1.807) is 49.4 Å². The van der Waals surface area contributed by atoms with Gasteiger partial charge in [-0.1, -0.05) is 41.6 Å². The van der Waals surface area contributed by atoms with E-state index in [-0.39, 0.29) is 24.0 Å². The van der Waals surface area contributed by atoms with Gasteiger partial charge in [0, 0.05) is 23.0 Å². The molecule has 164 valence electrons. The van der Waals surface area contributed by atoms with Gasteiger partial charge in [0.2, 0.25) is 11.8 Å². The number of hydrogen-bond acceptors (Lipinski definition) is 6. The van der Waals surface area contributed by atoms with E-state index in [4.69, 9.17) is 16.3 Å². The fourth-order valence-electron chi connectivity index (χ4n) is 3.25. The zero-order valence-corrected chi connectivity index (χ0v) is 19.0. The van der Waals surface area contributed by atoms with Gasteiger partial charge in [-0.15, -0.1) is 0 Å². The van der Waals surface area contributed by atoms with Crippen molar-refractivity contribution in [3.05, 3.63) is 74.8 Å². The highest BCUT2D eigenvalue weighted by Crippen LogP contribution is 2.36. The van der Waals surface area contributed by atoms with Crippen LogP contribution in [0.2, 0.25) is 5.02 Å². The Hall–Kier alpha value is -3.28. The number of nitriles is 1. The highest BCUT2D eigenvalue weighted by atomic mass is 35.5. The lowest BCUT2D eigenvalue weighted by atomic mass is 9.87. The molecule has 2 amide bonds. The summed E-state index contributed by atoms with van der Waals surface area (Å²) in [6.07, 6.45) is 0.0957. The number of nitrogens with zero attached hydrogens (tertiary/aromatic N) is 1. The fraction of sp³-hybridized carbons (Fsp3) is 0.217. The number of thioether (sulfide) groups is 1. The molecule has 0 fully saturated rings. The summed E-state index contributed by atoms with van der Waals surface area (Å²) in [5.41, 5.74) is 2.83. The molecule has 0 bridgehead atoms. The molecule has 3 rings (SSSR count). The monoisotopic (exact) mass is 469 g/mol. The molecule has 0 radical (unpaired) electrons. The largest absolute Gasteiger partial charge is 0.465 e. The van der Waals surface area contributed by atoms with Crippen LogP contribution in [0.5, 0.6) is 0 Å². The highest BCUT2D eigenvalue weighted by molar-refractivity contribution is 8.03. The Morgan fingerprint density at radius 1 is 1.28 bits per heavy atom. The number of methoxy groups -OCH3 is 1. The van der Waals surface area contributed by atoms with Crippen LogP contribution in [-0.4, -0.2) is 30.6 Å². The maximum absolute atomic E-state index is 12.4. The molecule has 0 saturated heterocycles. The third-order valence-electron chi connectivity index (χ3n) is 4.98. The van der Waals surface area contributed by atoms with Crippen molar-refractivity contribution in [1.82, 2.24) is 5.32 Å². The highest BCUT2D eigenvalue weighted by Gasteiger charge is 2.30. The number of esters is 1. The maximum atomic E-state index is 12.4. The van der Waals surface area contributed by atoms with Crippen LogP contribution in [-0.2, 0) is 14.3 Å². The average molecular weight is 470 g/mol. The van der Waals surface area contributed by atoms with Crippen molar-refractivity contribution in [3.8, 4) is 6.07 Å². The van der Waals surface area contributed by atoms with Gasteiger partial charge in [-0.05, 0) is 42.3 Å². The summed E-state index contributed by atoms with van der Waals surface area (Å²) in [5.74, 6) is -1.48. The van der Waals surface area contributed by atoms with Crippen molar-refractivity contribution in [1.29, 1.82) is 5.26 Å². The normalized spacial score (nSPS) is 15.6. The van der Waals surface area contributed by atoms with E-state index in [9.17, 15) is 19.6 Å². The minimum Gasteiger partial charge on any atom is -0.465 e. The summed E-state index contributed by atoms with van der Waals surface area (Å²) in [4.78, 5) is 36.4. The van der Waals surface area contributed by atoms with Crippen LogP contribution >= 0.6 is 23.4 Å². The first-order valence-corrected chi connectivity index (χ1v) is 11.0. The second-order valence-electron chi connectivity index (χ2n) is 7.02. The van der Waals surface area contributed by atoms with Gasteiger partial charge in [-0.3, -0.25) is 9.59 Å². The molecule has 1 atom stereocenters. The molecule has 2 aromatic rings. The molecular weight excluding hydrogens is 450 g/mol. The molecular formula is C23H20ClN3O4S. The Morgan fingerprint density at radius 3 is 2.66 bits per heavy atom. The average Bonchev–Trinajstić information content (AvgIpc) is 2.80. The standard InChI is InChI=1S/C23H20ClN3O4S/c1-13-18(24)4-3-5-19(13)26-21(29)12-32-22-17(11-25)16(10-20(28)27-22)14-6-8-15(9-7-14)23(30)31-2/h3-9,16H,10,12H2,1-2H3,(H,26,29)(H,27,28)/t16-/m0/s1. The molecule has 2 N–H and O–H groups in total. The van der Waals surface area contributed by atoms with Crippen molar-refractivity contribution < 1.29 is 19.1 Å². The van der Waals surface area contributed by atoms with Crippen molar-refractivity contribution in [2.24, 2.45) is 0 Å². The third kappa shape index (κ3) is 5.31. The predicted molar refractivity (Wildman–Crippen MR) is 123 cm³/mol. The third-order valence-corrected chi connectivity index (χ3v) is 6.41. The summed E-state index contributed by atoms with van der Waals surface area (Å²) < 4.78 is 4.70. The fourth-order valence-corrected chi connectivity index (χ4v) is 4.31. The summed E-state index contributed by atoms with van der Waals surface area (Å²) in [6.45, 7) is 1.80. The van der Waals surface area contributed by atoms with Gasteiger partial charge in [0.15, 0.2) is 0 Å². The number of carbonyl (C=O) groups excluding carboxylic acids is 3. The van der Waals surface area contributed by atoms with E-state index < -0.39 is 11.9 Å². The minimum atomic E-state index is -0.471. The number of rotatable bonds is 6. The summed E-state index contributed by atoms with van der Waals surface area (Å²) in [7, 11) is 1.30. The molecule has 1 heterocycles. The number of hydrogen-bond donors (Lipinski definition) is 2. The molecule has 0 saturated carbocycles. The first-order valence-electron chi connectivity index (χ1n) is 9.64. The van der Waals surface area contributed by atoms with Crippen molar-refractivity contribution in [2.45, 2.75) is 19.3 Å². The van der Waals surface area contributed by atoms with Crippen LogP contribution in [0.4, 0.5) is 5.69 Å². The zero-order valence-electron chi connectivity index (χ0n) is 17.4. The summed E-state index contributed by atoms with van der Waals surface area (Å²) >= 11 is 7.17. The number of carbonyl (C=O) groups is 3. The van der Waals surface area contributed by atoms with Crippen LogP contribution in [0, 0.1) is 18.3 Å². The molecule has 0 spiro atoms. The number of ether oxygens (including phenoxy) is 1.